The maximum Gasteiger partial charge on any atom is 0.268 e. The molecule has 11 heteroatoms. The normalized spacial score (nSPS) is 18.1. The Bertz CT molecular complexity index is 1490. The minimum atomic E-state index is -4.17. The Morgan fingerprint density at radius 1 is 1.17 bits per heavy atom. The molecule has 1 fully saturated rings. The van der Waals surface area contributed by atoms with Gasteiger partial charge in [-0.15, -0.1) is 0 Å². The molecule has 2 aliphatic carbocycles. The Labute approximate surface area is 201 Å². The summed E-state index contributed by atoms with van der Waals surface area (Å²) in [6, 6.07) is 4.50. The Morgan fingerprint density at radius 3 is 2.57 bits per heavy atom. The molecule has 0 amide bonds. The summed E-state index contributed by atoms with van der Waals surface area (Å²) >= 11 is 0. The van der Waals surface area contributed by atoms with Crippen molar-refractivity contribution in [1.82, 2.24) is 19.5 Å². The largest absolute Gasteiger partial charge is 0.380 e. The van der Waals surface area contributed by atoms with E-state index < -0.39 is 28.2 Å². The van der Waals surface area contributed by atoms with E-state index in [1.165, 1.54) is 30.8 Å². The van der Waals surface area contributed by atoms with E-state index in [-0.39, 0.29) is 33.2 Å². The van der Waals surface area contributed by atoms with Crippen molar-refractivity contribution in [3.8, 4) is 0 Å². The highest BCUT2D eigenvalue weighted by atomic mass is 32.2. The van der Waals surface area contributed by atoms with E-state index in [0.717, 1.165) is 12.8 Å². The second-order valence-corrected chi connectivity index (χ2v) is 11.8. The van der Waals surface area contributed by atoms with Gasteiger partial charge in [-0.1, -0.05) is 0 Å². The van der Waals surface area contributed by atoms with Crippen LogP contribution in [0, 0.1) is 5.95 Å². The van der Waals surface area contributed by atoms with Crippen LogP contribution in [-0.2, 0) is 29.9 Å². The van der Waals surface area contributed by atoms with Gasteiger partial charge in [0.25, 0.3) is 5.56 Å². The molecule has 2 aliphatic rings. The van der Waals surface area contributed by atoms with Crippen molar-refractivity contribution in [3.05, 3.63) is 57.5 Å². The molecule has 1 unspecified atom stereocenters. The maximum atomic E-state index is 15.1. The summed E-state index contributed by atoms with van der Waals surface area (Å²) in [5, 5.41) is 7.63. The van der Waals surface area contributed by atoms with E-state index in [9.17, 15) is 17.6 Å². The highest BCUT2D eigenvalue weighted by Gasteiger charge is 2.34. The van der Waals surface area contributed by atoms with E-state index in [1.54, 1.807) is 19.2 Å². The van der Waals surface area contributed by atoms with Crippen LogP contribution in [-0.4, -0.2) is 41.4 Å². The van der Waals surface area contributed by atoms with Crippen LogP contribution < -0.4 is 15.6 Å². The average molecular weight is 504 g/mol. The number of sulfonamides is 1. The van der Waals surface area contributed by atoms with Gasteiger partial charge >= 0.3 is 0 Å². The van der Waals surface area contributed by atoms with Crippen molar-refractivity contribution in [3.63, 3.8) is 0 Å². The lowest BCUT2D eigenvalue weighted by Gasteiger charge is -2.19. The zero-order valence-corrected chi connectivity index (χ0v) is 20.5. The number of fused-ring (bicyclic) bond motifs is 2. The lowest BCUT2D eigenvalue weighted by Crippen LogP contribution is -2.36. The fourth-order valence-corrected chi connectivity index (χ4v) is 6.22. The Balaban J connectivity index is 1.60. The van der Waals surface area contributed by atoms with Gasteiger partial charge in [0, 0.05) is 48.1 Å². The zero-order chi connectivity index (χ0) is 25.1. The topological polar surface area (TPSA) is 106 Å². The summed E-state index contributed by atoms with van der Waals surface area (Å²) in [4.78, 5) is 16.0. The second-order valence-electron chi connectivity index (χ2n) is 10.0. The van der Waals surface area contributed by atoms with Gasteiger partial charge in [-0.3, -0.25) is 4.79 Å². The average Bonchev–Trinajstić information content (AvgIpc) is 3.54. The van der Waals surface area contributed by atoms with Crippen LogP contribution in [0.4, 0.5) is 14.5 Å². The van der Waals surface area contributed by atoms with Crippen LogP contribution in [0.2, 0.25) is 0 Å². The van der Waals surface area contributed by atoms with Crippen LogP contribution in [0.15, 0.2) is 34.1 Å². The van der Waals surface area contributed by atoms with E-state index in [1.807, 2.05) is 0 Å². The Morgan fingerprint density at radius 2 is 1.91 bits per heavy atom. The van der Waals surface area contributed by atoms with Crippen LogP contribution in [0.25, 0.3) is 10.8 Å². The number of rotatable bonds is 7. The third kappa shape index (κ3) is 4.79. The molecule has 186 valence electrons. The minimum absolute atomic E-state index is 0.0242. The molecule has 3 aromatic rings. The monoisotopic (exact) mass is 503 g/mol. The van der Waals surface area contributed by atoms with Gasteiger partial charge in [-0.05, 0) is 62.8 Å². The van der Waals surface area contributed by atoms with E-state index in [4.69, 9.17) is 0 Å². The lowest BCUT2D eigenvalue weighted by molar-refractivity contribution is 0.221. The van der Waals surface area contributed by atoms with Crippen molar-refractivity contribution in [2.75, 3.05) is 11.9 Å². The third-order valence-corrected chi connectivity index (χ3v) is 7.99. The first kappa shape index (κ1) is 23.8. The van der Waals surface area contributed by atoms with E-state index in [2.05, 4.69) is 20.1 Å². The number of alkyl halides is 1. The standard InChI is InChI=1S/C24H27F2N5O3S/c1-24(2,26)12-28-35(33,34)22-17-8-15(29-16-9-21(32)31(3)27-11-16)6-14(17)7-19-18(22)10-20(13-4-5-13)30-23(19)25/h7,9-11,13,15,28-29H,4-6,8,12H2,1-3H3. The highest BCUT2D eigenvalue weighted by molar-refractivity contribution is 7.89. The van der Waals surface area contributed by atoms with Gasteiger partial charge < -0.3 is 5.32 Å². The Kier molecular flexibility index (Phi) is 5.67. The second kappa shape index (κ2) is 8.34. The fraction of sp³-hybridized carbons (Fsp3) is 0.458. The quantitative estimate of drug-likeness (QED) is 0.481. The van der Waals surface area contributed by atoms with Crippen LogP contribution in [0.1, 0.15) is 49.4 Å². The molecule has 0 spiro atoms. The van der Waals surface area contributed by atoms with E-state index in [0.29, 0.717) is 35.3 Å². The van der Waals surface area contributed by atoms with Gasteiger partial charge in [0.15, 0.2) is 0 Å². The number of halogens is 2. The summed E-state index contributed by atoms with van der Waals surface area (Å²) in [6.45, 7) is 2.16. The molecule has 2 N–H and O–H groups in total. The van der Waals surface area contributed by atoms with Crippen molar-refractivity contribution < 1.29 is 17.2 Å². The predicted octanol–water partition coefficient (Wildman–Crippen LogP) is 2.95. The first-order chi connectivity index (χ1) is 16.4. The van der Waals surface area contributed by atoms with Crippen molar-refractivity contribution in [2.24, 2.45) is 7.05 Å². The van der Waals surface area contributed by atoms with Crippen molar-refractivity contribution >= 4 is 26.5 Å². The molecule has 2 aromatic heterocycles. The predicted molar refractivity (Wildman–Crippen MR) is 128 cm³/mol. The van der Waals surface area contributed by atoms with Crippen LogP contribution in [0.5, 0.6) is 0 Å². The molecular formula is C24H27F2N5O3S. The van der Waals surface area contributed by atoms with Gasteiger partial charge in [-0.25, -0.2) is 27.2 Å². The van der Waals surface area contributed by atoms with Gasteiger partial charge in [0.1, 0.15) is 5.67 Å². The summed E-state index contributed by atoms with van der Waals surface area (Å²) in [6.07, 6.45) is 4.04. The maximum absolute atomic E-state index is 15.1. The molecule has 1 atom stereocenters. The summed E-state index contributed by atoms with van der Waals surface area (Å²) in [7, 11) is -2.62. The molecule has 35 heavy (non-hydrogen) atoms. The summed E-state index contributed by atoms with van der Waals surface area (Å²) in [5.74, 6) is -0.584. The molecule has 1 saturated carbocycles. The number of hydrogen-bond donors (Lipinski definition) is 2. The van der Waals surface area contributed by atoms with Gasteiger partial charge in [0.2, 0.25) is 16.0 Å². The summed E-state index contributed by atoms with van der Waals surface area (Å²) in [5.41, 5.74) is 0.244. The molecule has 1 aromatic carbocycles. The molecule has 5 rings (SSSR count). The molecular weight excluding hydrogens is 476 g/mol. The molecule has 0 radical (unpaired) electrons. The molecule has 2 heterocycles. The highest BCUT2D eigenvalue weighted by Crippen LogP contribution is 2.42. The van der Waals surface area contributed by atoms with E-state index >= 15 is 4.39 Å². The minimum Gasteiger partial charge on any atom is -0.380 e. The molecule has 0 saturated heterocycles. The SMILES string of the molecule is Cn1ncc(NC2Cc3cc4c(F)nc(C5CC5)cc4c(S(=O)(=O)NCC(C)(C)F)c3C2)cc1=O. The number of aromatic nitrogens is 3. The molecule has 8 nitrogen and oxygen atoms in total. The van der Waals surface area contributed by atoms with Crippen molar-refractivity contribution in [2.45, 2.75) is 62.1 Å². The van der Waals surface area contributed by atoms with Gasteiger partial charge in [0.05, 0.1) is 16.8 Å². The number of benzene rings is 1. The fourth-order valence-electron chi connectivity index (χ4n) is 4.55. The lowest BCUT2D eigenvalue weighted by atomic mass is 10.0. The van der Waals surface area contributed by atoms with Crippen molar-refractivity contribution in [1.29, 1.82) is 0 Å². The number of anilines is 1. The molecule has 0 aliphatic heterocycles. The third-order valence-electron chi connectivity index (χ3n) is 6.46. The summed E-state index contributed by atoms with van der Waals surface area (Å²) < 4.78 is 59.9. The number of nitrogens with one attached hydrogen (secondary N) is 2. The van der Waals surface area contributed by atoms with Crippen LogP contribution in [0.3, 0.4) is 0 Å². The zero-order valence-electron chi connectivity index (χ0n) is 19.7. The number of nitrogens with zero attached hydrogens (tertiary/aromatic N) is 3. The number of pyridine rings is 1. The Hall–Kier alpha value is -2.92. The van der Waals surface area contributed by atoms with Gasteiger partial charge in [-0.2, -0.15) is 9.49 Å². The first-order valence-electron chi connectivity index (χ1n) is 11.5. The number of aryl methyl sites for hydroxylation is 1. The first-order valence-corrected chi connectivity index (χ1v) is 13.0. The molecule has 0 bridgehead atoms. The smallest absolute Gasteiger partial charge is 0.268 e. The van der Waals surface area contributed by atoms with Crippen LogP contribution >= 0.6 is 0 Å². The number of hydrogen-bond acceptors (Lipinski definition) is 6.